The first-order chi connectivity index (χ1) is 36.5. The van der Waals surface area contributed by atoms with Crippen molar-refractivity contribution in [3.8, 4) is 16.8 Å². The van der Waals surface area contributed by atoms with Crippen molar-refractivity contribution in [2.75, 3.05) is 9.80 Å². The van der Waals surface area contributed by atoms with Gasteiger partial charge >= 0.3 is 0 Å². The summed E-state index contributed by atoms with van der Waals surface area (Å²) in [5, 5.41) is 4.44. The van der Waals surface area contributed by atoms with E-state index in [0.29, 0.717) is 0 Å². The van der Waals surface area contributed by atoms with Gasteiger partial charge in [-0.2, -0.15) is 4.57 Å². The molecule has 2 aliphatic rings. The predicted molar refractivity (Wildman–Crippen MR) is 299 cm³/mol. The molecule has 3 aromatic heterocycles. The van der Waals surface area contributed by atoms with E-state index < -0.39 is 5.41 Å². The van der Waals surface area contributed by atoms with Gasteiger partial charge in [0.15, 0.2) is 12.4 Å². The molecule has 0 saturated carbocycles. The normalized spacial score (nSPS) is 13.1. The fourth-order valence-electron chi connectivity index (χ4n) is 11.8. The zero-order valence-corrected chi connectivity index (χ0v) is 41.0. The fourth-order valence-corrected chi connectivity index (χ4v) is 14.3. The molecule has 74 heavy (non-hydrogen) atoms. The number of furan rings is 1. The SMILES string of the molecule is Fc1ccc(N(c2ccc(F)cc2)c2cccc3c2sc2cc(N(c4ccccc4)c4cccc5c4Sc4c[n+](-c6ccc7c(c6)oc6ccccc67)ccc4C54c5ccccc5-c5ccccc54)ccc23)cc1. The van der Waals surface area contributed by atoms with Crippen LogP contribution in [0.5, 0.6) is 0 Å². The first-order valence-corrected chi connectivity index (χ1v) is 26.2. The summed E-state index contributed by atoms with van der Waals surface area (Å²) in [6.45, 7) is 0. The molecule has 0 bridgehead atoms. The third-order valence-corrected chi connectivity index (χ3v) is 17.3. The Hall–Kier alpha value is -8.82. The molecule has 0 atom stereocenters. The Labute approximate surface area is 433 Å². The average molecular weight is 993 g/mol. The Balaban J connectivity index is 0.932. The van der Waals surface area contributed by atoms with Gasteiger partial charge in [0.2, 0.25) is 5.69 Å². The molecular weight excluding hydrogens is 953 g/mol. The van der Waals surface area contributed by atoms with Gasteiger partial charge in [-0.25, -0.2) is 8.78 Å². The highest BCUT2D eigenvalue weighted by atomic mass is 32.2. The summed E-state index contributed by atoms with van der Waals surface area (Å²) in [6.07, 6.45) is 4.52. The third-order valence-electron chi connectivity index (χ3n) is 14.9. The molecule has 4 heterocycles. The van der Waals surface area contributed by atoms with Crippen molar-refractivity contribution in [1.29, 1.82) is 0 Å². The molecule has 13 aromatic rings. The molecule has 4 nitrogen and oxygen atoms in total. The number of nitrogens with zero attached hydrogens (tertiary/aromatic N) is 3. The van der Waals surface area contributed by atoms with Gasteiger partial charge in [0, 0.05) is 66.0 Å². The lowest BCUT2D eigenvalue weighted by Gasteiger charge is -2.40. The number of halogens is 2. The second-order valence-electron chi connectivity index (χ2n) is 18.9. The second-order valence-corrected chi connectivity index (χ2v) is 21.0. The number of rotatable bonds is 7. The Morgan fingerprint density at radius 3 is 1.77 bits per heavy atom. The summed E-state index contributed by atoms with van der Waals surface area (Å²) >= 11 is 3.55. The lowest BCUT2D eigenvalue weighted by molar-refractivity contribution is -0.598. The van der Waals surface area contributed by atoms with Crippen molar-refractivity contribution in [1.82, 2.24) is 0 Å². The van der Waals surface area contributed by atoms with E-state index in [9.17, 15) is 8.78 Å². The first-order valence-electron chi connectivity index (χ1n) is 24.6. The monoisotopic (exact) mass is 992 g/mol. The van der Waals surface area contributed by atoms with Crippen molar-refractivity contribution >= 4 is 99.3 Å². The molecule has 0 saturated heterocycles. The van der Waals surface area contributed by atoms with Gasteiger partial charge in [0.1, 0.15) is 22.8 Å². The van der Waals surface area contributed by atoms with Gasteiger partial charge in [0.05, 0.1) is 32.5 Å². The van der Waals surface area contributed by atoms with Gasteiger partial charge in [-0.3, -0.25) is 0 Å². The smallest absolute Gasteiger partial charge is 0.214 e. The Morgan fingerprint density at radius 1 is 0.432 bits per heavy atom. The topological polar surface area (TPSA) is 23.5 Å². The van der Waals surface area contributed by atoms with Crippen molar-refractivity contribution < 1.29 is 17.8 Å². The molecule has 1 spiro atoms. The lowest BCUT2D eigenvalue weighted by atomic mass is 9.67. The highest BCUT2D eigenvalue weighted by Crippen LogP contribution is 2.64. The molecule has 0 unspecified atom stereocenters. The first kappa shape index (κ1) is 42.8. The molecule has 10 aromatic carbocycles. The van der Waals surface area contributed by atoms with E-state index in [4.69, 9.17) is 4.42 Å². The van der Waals surface area contributed by atoms with Crippen molar-refractivity contribution in [2.24, 2.45) is 0 Å². The minimum absolute atomic E-state index is 0.320. The molecule has 0 radical (unpaired) electrons. The van der Waals surface area contributed by atoms with E-state index in [2.05, 4.69) is 197 Å². The minimum Gasteiger partial charge on any atom is -0.456 e. The van der Waals surface area contributed by atoms with Crippen molar-refractivity contribution in [2.45, 2.75) is 15.2 Å². The van der Waals surface area contributed by atoms with Crippen molar-refractivity contribution in [3.63, 3.8) is 0 Å². The highest BCUT2D eigenvalue weighted by Gasteiger charge is 2.51. The van der Waals surface area contributed by atoms with Crippen LogP contribution in [0.4, 0.5) is 42.9 Å². The fraction of sp³-hybridized carbons (Fsp3) is 0.0152. The van der Waals surface area contributed by atoms with Crippen LogP contribution in [0.1, 0.15) is 22.3 Å². The van der Waals surface area contributed by atoms with Crippen LogP contribution < -0.4 is 14.4 Å². The number of thiophene rings is 1. The van der Waals surface area contributed by atoms with E-state index >= 15 is 0 Å². The van der Waals surface area contributed by atoms with Crippen LogP contribution in [0.15, 0.2) is 257 Å². The van der Waals surface area contributed by atoms with E-state index in [1.165, 1.54) is 62.5 Å². The average Bonchev–Trinajstić information content (AvgIpc) is 4.11. The number of anilines is 6. The van der Waals surface area contributed by atoms with E-state index in [1.807, 2.05) is 23.9 Å². The third kappa shape index (κ3) is 6.41. The predicted octanol–water partition coefficient (Wildman–Crippen LogP) is 18.3. The van der Waals surface area contributed by atoms with Gasteiger partial charge in [-0.15, -0.1) is 11.3 Å². The molecule has 8 heteroatoms. The molecule has 1 aliphatic carbocycles. The number of hydrogen-bond donors (Lipinski definition) is 0. The van der Waals surface area contributed by atoms with Crippen LogP contribution in [0.3, 0.4) is 0 Å². The van der Waals surface area contributed by atoms with Crippen LogP contribution >= 0.6 is 23.1 Å². The summed E-state index contributed by atoms with van der Waals surface area (Å²) < 4.78 is 39.6. The molecule has 350 valence electrons. The molecular formula is C66H40F2N3OS2+. The van der Waals surface area contributed by atoms with Gasteiger partial charge < -0.3 is 14.2 Å². The number of para-hydroxylation sites is 2. The maximum Gasteiger partial charge on any atom is 0.214 e. The largest absolute Gasteiger partial charge is 0.456 e. The molecule has 0 amide bonds. The zero-order valence-electron chi connectivity index (χ0n) is 39.4. The Bertz CT molecular complexity index is 4310. The summed E-state index contributed by atoms with van der Waals surface area (Å²) in [5.74, 6) is -0.640. The van der Waals surface area contributed by atoms with Crippen LogP contribution in [0.2, 0.25) is 0 Å². The standard InChI is InChI=1S/C66H40F2N3OS2/c67-41-24-28-44(29-25-41)70(45-30-26-42(68)27-31-45)58-21-10-17-53-52-35-33-47(39-62(52)73-64(53)58)71(43-12-2-1-3-13-43)59-22-11-20-57-65(59)74-63-40-69(46-32-34-51-50-16-6-9-23-60(50)72-61(51)38-46)37-36-56(63)66(57)54-18-7-4-14-48(54)49-15-5-8-19-55(49)66/h1-40H/q+1. The summed E-state index contributed by atoms with van der Waals surface area (Å²) in [6, 6.07) is 78.5. The molecule has 1 aliphatic heterocycles. The number of aromatic nitrogens is 1. The summed E-state index contributed by atoms with van der Waals surface area (Å²) in [7, 11) is 0. The zero-order chi connectivity index (χ0) is 49.1. The Morgan fingerprint density at radius 2 is 1.01 bits per heavy atom. The summed E-state index contributed by atoms with van der Waals surface area (Å²) in [4.78, 5) is 6.83. The van der Waals surface area contributed by atoms with Gasteiger partial charge in [0.25, 0.3) is 0 Å². The van der Waals surface area contributed by atoms with E-state index in [1.54, 1.807) is 35.6 Å². The van der Waals surface area contributed by atoms with Crippen LogP contribution in [0.25, 0.3) is 58.9 Å². The number of hydrogen-bond acceptors (Lipinski definition) is 5. The molecule has 0 fully saturated rings. The summed E-state index contributed by atoms with van der Waals surface area (Å²) in [5.41, 5.74) is 15.3. The van der Waals surface area contributed by atoms with Crippen molar-refractivity contribution in [3.05, 3.63) is 277 Å². The van der Waals surface area contributed by atoms with Gasteiger partial charge in [-0.1, -0.05) is 127 Å². The maximum atomic E-state index is 14.4. The number of benzene rings is 10. The quantitative estimate of drug-likeness (QED) is 0.149. The molecule has 0 N–H and O–H groups in total. The number of fused-ring (bicyclic) bond motifs is 15. The van der Waals surface area contributed by atoms with E-state index in [0.717, 1.165) is 86.8 Å². The minimum atomic E-state index is -0.615. The second kappa shape index (κ2) is 16.6. The van der Waals surface area contributed by atoms with Crippen LogP contribution in [0, 0.1) is 11.6 Å². The van der Waals surface area contributed by atoms with E-state index in [-0.39, 0.29) is 11.6 Å². The maximum absolute atomic E-state index is 14.4. The highest BCUT2D eigenvalue weighted by molar-refractivity contribution is 7.99. The Kier molecular flexibility index (Phi) is 9.61. The molecule has 15 rings (SSSR count). The van der Waals surface area contributed by atoms with Crippen LogP contribution in [-0.4, -0.2) is 0 Å². The number of pyridine rings is 1. The van der Waals surface area contributed by atoms with Gasteiger partial charge in [-0.05, 0) is 130 Å². The van der Waals surface area contributed by atoms with Crippen LogP contribution in [-0.2, 0) is 5.41 Å². The lowest BCUT2D eigenvalue weighted by Crippen LogP contribution is -2.36.